The molecule has 17 heteroatoms. The van der Waals surface area contributed by atoms with Crippen LogP contribution in [0.4, 0.5) is 0 Å². The molecule has 6 fully saturated rings. The molecule has 2 saturated heterocycles. The summed E-state index contributed by atoms with van der Waals surface area (Å²) in [6.45, 7) is 10.9. The molecule has 2 heterocycles. The molecule has 6 rings (SSSR count). The fraction of sp³-hybridized carbons (Fsp3) is 0.842. The normalized spacial score (nSPS) is 47.9. The van der Waals surface area contributed by atoms with Crippen LogP contribution in [-0.2, 0) is 66.7 Å². The van der Waals surface area contributed by atoms with Gasteiger partial charge in [-0.2, -0.15) is 0 Å². The summed E-state index contributed by atoms with van der Waals surface area (Å²) >= 11 is 0. The van der Waals surface area contributed by atoms with Crippen molar-refractivity contribution in [3.8, 4) is 0 Å². The van der Waals surface area contributed by atoms with E-state index in [9.17, 15) is 44.1 Å². The van der Waals surface area contributed by atoms with Gasteiger partial charge in [0.15, 0.2) is 12.2 Å². The predicted molar refractivity (Wildman–Crippen MR) is 182 cm³/mol. The first-order valence-electron chi connectivity index (χ1n) is 18.7. The summed E-state index contributed by atoms with van der Waals surface area (Å²) < 4.78 is 47.8. The first-order chi connectivity index (χ1) is 25.5. The second kappa shape index (κ2) is 13.1. The molecule has 55 heavy (non-hydrogen) atoms. The number of hydrogen-bond donors (Lipinski definition) is 3. The van der Waals surface area contributed by atoms with Crippen LogP contribution in [0.2, 0.25) is 0 Å². The zero-order valence-corrected chi connectivity index (χ0v) is 33.0. The van der Waals surface area contributed by atoms with Gasteiger partial charge in [0.2, 0.25) is 5.60 Å². The molecule has 16 atom stereocenters. The first-order valence-corrected chi connectivity index (χ1v) is 18.7. The highest BCUT2D eigenvalue weighted by molar-refractivity contribution is 5.87. The molecule has 6 aliphatic rings. The highest BCUT2D eigenvalue weighted by Gasteiger charge is 2.95. The summed E-state index contributed by atoms with van der Waals surface area (Å²) in [7, 11) is 1.16. The van der Waals surface area contributed by atoms with Crippen LogP contribution in [0.15, 0.2) is 0 Å². The van der Waals surface area contributed by atoms with Crippen molar-refractivity contribution in [1.82, 2.24) is 0 Å². The van der Waals surface area contributed by atoms with Crippen molar-refractivity contribution in [1.29, 1.82) is 0 Å². The van der Waals surface area contributed by atoms with Crippen LogP contribution in [0.3, 0.4) is 0 Å². The molecule has 0 amide bonds. The van der Waals surface area contributed by atoms with Crippen molar-refractivity contribution in [3.05, 3.63) is 0 Å². The van der Waals surface area contributed by atoms with Crippen molar-refractivity contribution in [2.45, 2.75) is 135 Å². The van der Waals surface area contributed by atoms with Crippen molar-refractivity contribution in [3.63, 3.8) is 0 Å². The largest absolute Gasteiger partial charge is 0.467 e. The van der Waals surface area contributed by atoms with Gasteiger partial charge >= 0.3 is 35.8 Å². The monoisotopic (exact) mass is 782 g/mol. The molecule has 1 spiro atoms. The lowest BCUT2D eigenvalue weighted by Gasteiger charge is -2.75. The van der Waals surface area contributed by atoms with E-state index in [0.29, 0.717) is 0 Å². The van der Waals surface area contributed by atoms with Crippen molar-refractivity contribution in [2.75, 3.05) is 26.9 Å². The molecular weight excluding hydrogens is 728 g/mol. The molecular formula is C38H54O17. The lowest BCUT2D eigenvalue weighted by molar-refractivity contribution is -0.365. The van der Waals surface area contributed by atoms with Gasteiger partial charge in [-0.05, 0) is 38.0 Å². The van der Waals surface area contributed by atoms with Crippen molar-refractivity contribution in [2.24, 2.45) is 39.4 Å². The summed E-state index contributed by atoms with van der Waals surface area (Å²) in [6, 6.07) is 0. The van der Waals surface area contributed by atoms with E-state index in [2.05, 4.69) is 0 Å². The molecule has 17 nitrogen and oxygen atoms in total. The van der Waals surface area contributed by atoms with Crippen molar-refractivity contribution >= 4 is 35.8 Å². The molecule has 308 valence electrons. The highest BCUT2D eigenvalue weighted by atomic mass is 16.7. The quantitative estimate of drug-likeness (QED) is 0.164. The SMILES string of the molecule is COC(=O)[C@@]12OC1[C@@]1(CO1)C[C@@]1(O)[C@@H]3CC[C@@]4(C)[C@H](CO)[C@@](CO)(C(C)OC(C)=O)[C@@H](OC(C)=O)[C@@H](OC(C)=O)[C@@H]4[C@@]3(C)[C@H](OC(C)=O)[C@H](OC(C)=O)[C@@]21C. The molecule has 4 aliphatic carbocycles. The van der Waals surface area contributed by atoms with Gasteiger partial charge in [0, 0.05) is 64.9 Å². The van der Waals surface area contributed by atoms with Crippen molar-refractivity contribution < 1.29 is 82.0 Å². The van der Waals surface area contributed by atoms with E-state index in [-0.39, 0.29) is 25.9 Å². The number of aliphatic hydroxyl groups excluding tert-OH is 2. The van der Waals surface area contributed by atoms with E-state index < -0.39 is 142 Å². The van der Waals surface area contributed by atoms with E-state index in [0.717, 1.165) is 41.7 Å². The maximum Gasteiger partial charge on any atom is 0.341 e. The molecule has 0 bridgehead atoms. The highest BCUT2D eigenvalue weighted by Crippen LogP contribution is 2.80. The Morgan fingerprint density at radius 2 is 1.36 bits per heavy atom. The standard InChI is InChI=1S/C38H54O17/c1-17(50-18(2)41)36(15-40)24(13-39)32(7)12-11-23-33(8,26(32)25(51-19(3)42)27(36)52-20(4)43)28(53-21(5)44)29(54-22(6)45)34(9)37(23,47)14-35(16-49-35)30-38(34,55-30)31(46)48-10/h17,23-30,39-40,47H,11-16H2,1-10H3/t17?,23-,24+,25+,26+,27+,28-,29+,30?,32+,33+,34-,35+,36-,37-,38+/m1/s1. The van der Waals surface area contributed by atoms with Crippen LogP contribution in [0.25, 0.3) is 0 Å². The number of hydrogen-bond acceptors (Lipinski definition) is 17. The van der Waals surface area contributed by atoms with Gasteiger partial charge in [0.1, 0.15) is 30.0 Å². The Morgan fingerprint density at radius 1 is 0.818 bits per heavy atom. The Balaban J connectivity index is 1.70. The first kappa shape index (κ1) is 41.3. The number of ether oxygens (including phenoxy) is 8. The van der Waals surface area contributed by atoms with Gasteiger partial charge in [0.05, 0.1) is 36.8 Å². The number of carbonyl (C=O) groups excluding carboxylic acids is 6. The van der Waals surface area contributed by atoms with Crippen LogP contribution in [0, 0.1) is 39.4 Å². The maximum absolute atomic E-state index is 14.0. The second-order valence-electron chi connectivity index (χ2n) is 17.2. The Kier molecular flexibility index (Phi) is 9.81. The van der Waals surface area contributed by atoms with Crippen LogP contribution in [0.5, 0.6) is 0 Å². The molecule has 4 saturated carbocycles. The number of rotatable bonds is 9. The minimum atomic E-state index is -2.03. The van der Waals surface area contributed by atoms with E-state index in [4.69, 9.17) is 37.9 Å². The minimum Gasteiger partial charge on any atom is -0.467 e. The average molecular weight is 783 g/mol. The van der Waals surface area contributed by atoms with E-state index in [1.54, 1.807) is 20.8 Å². The van der Waals surface area contributed by atoms with E-state index >= 15 is 0 Å². The van der Waals surface area contributed by atoms with E-state index in [1.165, 1.54) is 6.92 Å². The fourth-order valence-corrected chi connectivity index (χ4v) is 12.9. The van der Waals surface area contributed by atoms with Crippen LogP contribution >= 0.6 is 0 Å². The summed E-state index contributed by atoms with van der Waals surface area (Å²) in [4.78, 5) is 79.3. The molecule has 2 unspecified atom stereocenters. The van der Waals surface area contributed by atoms with Gasteiger partial charge in [-0.1, -0.05) is 13.8 Å². The molecule has 0 aromatic carbocycles. The number of esters is 6. The molecule has 2 aliphatic heterocycles. The number of aliphatic hydroxyl groups is 3. The van der Waals surface area contributed by atoms with Crippen LogP contribution in [0.1, 0.15) is 81.6 Å². The van der Waals surface area contributed by atoms with Crippen LogP contribution < -0.4 is 0 Å². The second-order valence-corrected chi connectivity index (χ2v) is 17.2. The summed E-state index contributed by atoms with van der Waals surface area (Å²) in [5.74, 6) is -8.12. The summed E-state index contributed by atoms with van der Waals surface area (Å²) in [6.07, 6.45) is -8.24. The Bertz CT molecular complexity index is 1660. The number of carbonyl (C=O) groups is 6. The van der Waals surface area contributed by atoms with Gasteiger partial charge in [-0.3, -0.25) is 24.0 Å². The summed E-state index contributed by atoms with van der Waals surface area (Å²) in [5, 5.41) is 36.6. The third-order valence-corrected chi connectivity index (χ3v) is 14.8. The lowest BCUT2D eigenvalue weighted by atomic mass is 9.31. The Morgan fingerprint density at radius 3 is 1.84 bits per heavy atom. The van der Waals surface area contributed by atoms with Gasteiger partial charge in [-0.25, -0.2) is 4.79 Å². The van der Waals surface area contributed by atoms with Gasteiger partial charge in [0.25, 0.3) is 0 Å². The smallest absolute Gasteiger partial charge is 0.341 e. The number of fused-ring (bicyclic) bond motifs is 8. The molecule has 0 aromatic rings. The minimum absolute atomic E-state index is 0.104. The average Bonchev–Trinajstić information content (AvgIpc) is 4.00. The number of methoxy groups -OCH3 is 1. The lowest BCUT2D eigenvalue weighted by Crippen LogP contribution is -2.85. The van der Waals surface area contributed by atoms with Gasteiger partial charge in [-0.15, -0.1) is 0 Å². The van der Waals surface area contributed by atoms with Gasteiger partial charge < -0.3 is 53.2 Å². The molecule has 3 N–H and O–H groups in total. The predicted octanol–water partition coefficient (Wildman–Crippen LogP) is 0.539. The maximum atomic E-state index is 14.0. The van der Waals surface area contributed by atoms with E-state index in [1.807, 2.05) is 0 Å². The van der Waals surface area contributed by atoms with Crippen LogP contribution in [-0.4, -0.2) is 131 Å². The zero-order valence-electron chi connectivity index (χ0n) is 33.0. The fourth-order valence-electron chi connectivity index (χ4n) is 12.9. The Labute approximate surface area is 318 Å². The Hall–Kier alpha value is -3.38. The molecule has 0 aromatic heterocycles. The topological polar surface area (TPSA) is 244 Å². The third kappa shape index (κ3) is 5.21. The molecule has 0 radical (unpaired) electrons. The summed E-state index contributed by atoms with van der Waals surface area (Å²) in [5.41, 5.74) is -11.6. The third-order valence-electron chi connectivity index (χ3n) is 14.8. The zero-order chi connectivity index (χ0) is 41.1. The number of epoxide rings is 2.